The molecule has 1 N–H and O–H groups in total. The molecule has 0 saturated carbocycles. The quantitative estimate of drug-likeness (QED) is 0.812. The standard InChI is InChI=1S/C16H19ClN4O3S2/c1-11-12(17)6-5-7-13(11)26(23,24)20-16-19-18-14(25-16)10-15(22)21-8-3-2-4-9-21/h5-7H,2-4,8-10H2,1H3,(H,19,20). The molecule has 1 amide bonds. The van der Waals surface area contributed by atoms with Crippen LogP contribution in [0.15, 0.2) is 23.1 Å². The van der Waals surface area contributed by atoms with E-state index < -0.39 is 10.0 Å². The van der Waals surface area contributed by atoms with E-state index in [0.717, 1.165) is 43.7 Å². The maximum atomic E-state index is 12.5. The second-order valence-electron chi connectivity index (χ2n) is 6.09. The number of benzene rings is 1. The third-order valence-electron chi connectivity index (χ3n) is 4.21. The molecule has 0 unspecified atom stereocenters. The average molecular weight is 415 g/mol. The number of carbonyl (C=O) groups excluding carboxylic acids is 1. The Morgan fingerprint density at radius 1 is 1.27 bits per heavy atom. The topological polar surface area (TPSA) is 92.3 Å². The highest BCUT2D eigenvalue weighted by Gasteiger charge is 2.22. The third-order valence-corrected chi connectivity index (χ3v) is 7.07. The van der Waals surface area contributed by atoms with Crippen LogP contribution in [0.5, 0.6) is 0 Å². The lowest BCUT2D eigenvalue weighted by Crippen LogP contribution is -2.36. The van der Waals surface area contributed by atoms with Gasteiger partial charge in [-0.3, -0.25) is 9.52 Å². The summed E-state index contributed by atoms with van der Waals surface area (Å²) in [6.45, 7) is 3.18. The van der Waals surface area contributed by atoms with Crippen LogP contribution in [0.2, 0.25) is 5.02 Å². The number of piperidine rings is 1. The van der Waals surface area contributed by atoms with Gasteiger partial charge in [0.1, 0.15) is 5.01 Å². The third kappa shape index (κ3) is 4.33. The predicted molar refractivity (Wildman–Crippen MR) is 101 cm³/mol. The molecular formula is C16H19ClN4O3S2. The number of halogens is 1. The molecule has 1 fully saturated rings. The van der Waals surface area contributed by atoms with Gasteiger partial charge in [0.15, 0.2) is 0 Å². The van der Waals surface area contributed by atoms with E-state index >= 15 is 0 Å². The zero-order valence-corrected chi connectivity index (χ0v) is 16.6. The predicted octanol–water partition coefficient (Wildman–Crippen LogP) is 2.86. The van der Waals surface area contributed by atoms with E-state index in [0.29, 0.717) is 15.6 Å². The molecule has 1 aromatic heterocycles. The number of likely N-dealkylation sites (tertiary alicyclic amines) is 1. The summed E-state index contributed by atoms with van der Waals surface area (Å²) in [6.07, 6.45) is 3.32. The highest BCUT2D eigenvalue weighted by Crippen LogP contribution is 2.26. The van der Waals surface area contributed by atoms with Gasteiger partial charge in [-0.2, -0.15) is 0 Å². The van der Waals surface area contributed by atoms with Crippen LogP contribution in [-0.2, 0) is 21.2 Å². The maximum absolute atomic E-state index is 12.5. The van der Waals surface area contributed by atoms with Crippen molar-refractivity contribution in [2.75, 3.05) is 17.8 Å². The van der Waals surface area contributed by atoms with Gasteiger partial charge in [-0.05, 0) is 43.9 Å². The van der Waals surface area contributed by atoms with Crippen LogP contribution in [0.25, 0.3) is 0 Å². The number of amides is 1. The Balaban J connectivity index is 1.69. The van der Waals surface area contributed by atoms with Crippen molar-refractivity contribution in [2.24, 2.45) is 0 Å². The molecule has 26 heavy (non-hydrogen) atoms. The fourth-order valence-electron chi connectivity index (χ4n) is 2.80. The normalized spacial score (nSPS) is 15.1. The summed E-state index contributed by atoms with van der Waals surface area (Å²) >= 11 is 7.06. The van der Waals surface area contributed by atoms with E-state index in [1.54, 1.807) is 19.1 Å². The zero-order valence-electron chi connectivity index (χ0n) is 14.2. The van der Waals surface area contributed by atoms with Crippen molar-refractivity contribution in [2.45, 2.75) is 37.5 Å². The molecular weight excluding hydrogens is 396 g/mol. The number of nitrogens with one attached hydrogen (secondary N) is 1. The van der Waals surface area contributed by atoms with E-state index in [1.165, 1.54) is 6.07 Å². The number of sulfonamides is 1. The minimum Gasteiger partial charge on any atom is -0.342 e. The van der Waals surface area contributed by atoms with Gasteiger partial charge in [0.05, 0.1) is 11.3 Å². The van der Waals surface area contributed by atoms with Gasteiger partial charge in [0.2, 0.25) is 11.0 Å². The second-order valence-corrected chi connectivity index (χ2v) is 9.21. The Labute approximate surface area is 161 Å². The molecule has 1 aliphatic heterocycles. The Bertz CT molecular complexity index is 908. The monoisotopic (exact) mass is 414 g/mol. The van der Waals surface area contributed by atoms with Crippen molar-refractivity contribution in [1.82, 2.24) is 15.1 Å². The van der Waals surface area contributed by atoms with Crippen LogP contribution >= 0.6 is 22.9 Å². The van der Waals surface area contributed by atoms with E-state index in [4.69, 9.17) is 11.6 Å². The number of anilines is 1. The molecule has 0 spiro atoms. The second kappa shape index (κ2) is 7.89. The van der Waals surface area contributed by atoms with Crippen molar-refractivity contribution in [3.05, 3.63) is 33.8 Å². The van der Waals surface area contributed by atoms with Gasteiger partial charge in [-0.15, -0.1) is 10.2 Å². The highest BCUT2D eigenvalue weighted by atomic mass is 35.5. The van der Waals surface area contributed by atoms with Crippen molar-refractivity contribution in [3.8, 4) is 0 Å². The maximum Gasteiger partial charge on any atom is 0.264 e. The van der Waals surface area contributed by atoms with E-state index in [-0.39, 0.29) is 22.4 Å². The minimum absolute atomic E-state index is 0.000873. The van der Waals surface area contributed by atoms with Crippen LogP contribution in [-0.4, -0.2) is 42.5 Å². The Morgan fingerprint density at radius 3 is 2.73 bits per heavy atom. The Morgan fingerprint density at radius 2 is 2.00 bits per heavy atom. The summed E-state index contributed by atoms with van der Waals surface area (Å²) in [6, 6.07) is 4.68. The van der Waals surface area contributed by atoms with Crippen LogP contribution in [0.3, 0.4) is 0 Å². The lowest BCUT2D eigenvalue weighted by molar-refractivity contribution is -0.131. The summed E-state index contributed by atoms with van der Waals surface area (Å²) in [5, 5.41) is 8.78. The van der Waals surface area contributed by atoms with Gasteiger partial charge < -0.3 is 4.90 Å². The number of carbonyl (C=O) groups is 1. The minimum atomic E-state index is -3.82. The first-order chi connectivity index (χ1) is 12.4. The van der Waals surface area contributed by atoms with Gasteiger partial charge in [-0.1, -0.05) is 29.0 Å². The molecule has 0 bridgehead atoms. The Hall–Kier alpha value is -1.71. The van der Waals surface area contributed by atoms with Crippen LogP contribution in [0.1, 0.15) is 29.8 Å². The molecule has 3 rings (SSSR count). The molecule has 2 heterocycles. The van der Waals surface area contributed by atoms with Crippen molar-refractivity contribution < 1.29 is 13.2 Å². The molecule has 7 nitrogen and oxygen atoms in total. The lowest BCUT2D eigenvalue weighted by Gasteiger charge is -2.26. The van der Waals surface area contributed by atoms with Gasteiger partial charge >= 0.3 is 0 Å². The van der Waals surface area contributed by atoms with Crippen molar-refractivity contribution >= 4 is 44.0 Å². The molecule has 140 valence electrons. The van der Waals surface area contributed by atoms with Gasteiger partial charge in [-0.25, -0.2) is 8.42 Å². The van der Waals surface area contributed by atoms with Crippen LogP contribution in [0, 0.1) is 6.92 Å². The van der Waals surface area contributed by atoms with E-state index in [2.05, 4.69) is 14.9 Å². The molecule has 10 heteroatoms. The average Bonchev–Trinajstić information content (AvgIpc) is 3.04. The molecule has 0 radical (unpaired) electrons. The SMILES string of the molecule is Cc1c(Cl)cccc1S(=O)(=O)Nc1nnc(CC(=O)N2CCCCC2)s1. The van der Waals surface area contributed by atoms with E-state index in [9.17, 15) is 13.2 Å². The molecule has 1 aromatic carbocycles. The number of aromatic nitrogens is 2. The zero-order chi connectivity index (χ0) is 18.7. The molecule has 0 aliphatic carbocycles. The van der Waals surface area contributed by atoms with E-state index in [1.807, 2.05) is 4.90 Å². The summed E-state index contributed by atoms with van der Waals surface area (Å²) in [5.74, 6) is 0.000873. The fourth-order valence-corrected chi connectivity index (χ4v) is 5.26. The number of rotatable bonds is 5. The smallest absolute Gasteiger partial charge is 0.264 e. The summed E-state index contributed by atoms with van der Waals surface area (Å²) in [5.41, 5.74) is 0.465. The number of hydrogen-bond donors (Lipinski definition) is 1. The van der Waals surface area contributed by atoms with Crippen LogP contribution < -0.4 is 4.72 Å². The van der Waals surface area contributed by atoms with Crippen molar-refractivity contribution in [3.63, 3.8) is 0 Å². The summed E-state index contributed by atoms with van der Waals surface area (Å²) in [7, 11) is -3.82. The molecule has 0 atom stereocenters. The Kier molecular flexibility index (Phi) is 5.79. The molecule has 1 saturated heterocycles. The van der Waals surface area contributed by atoms with Crippen LogP contribution in [0.4, 0.5) is 5.13 Å². The fraction of sp³-hybridized carbons (Fsp3) is 0.438. The van der Waals surface area contributed by atoms with Crippen molar-refractivity contribution in [1.29, 1.82) is 0 Å². The summed E-state index contributed by atoms with van der Waals surface area (Å²) in [4.78, 5) is 14.2. The number of hydrogen-bond acceptors (Lipinski definition) is 6. The molecule has 1 aliphatic rings. The van der Waals surface area contributed by atoms with Gasteiger partial charge in [0.25, 0.3) is 10.0 Å². The molecule has 2 aromatic rings. The number of nitrogens with zero attached hydrogens (tertiary/aromatic N) is 3. The first-order valence-electron chi connectivity index (χ1n) is 8.25. The first-order valence-corrected chi connectivity index (χ1v) is 10.9. The van der Waals surface area contributed by atoms with Gasteiger partial charge in [0, 0.05) is 18.1 Å². The summed E-state index contributed by atoms with van der Waals surface area (Å²) < 4.78 is 27.5. The largest absolute Gasteiger partial charge is 0.342 e. The first kappa shape index (κ1) is 19.1. The lowest BCUT2D eigenvalue weighted by atomic mass is 10.1. The highest BCUT2D eigenvalue weighted by molar-refractivity contribution is 7.93.